The van der Waals surface area contributed by atoms with Crippen LogP contribution in [0.25, 0.3) is 10.9 Å². The van der Waals surface area contributed by atoms with Crippen molar-refractivity contribution in [2.24, 2.45) is 5.92 Å². The Kier molecular flexibility index (Phi) is 4.96. The van der Waals surface area contributed by atoms with Crippen LogP contribution in [0.5, 0.6) is 0 Å². The SMILES string of the molecule is O=C(NCC1CCCCC1)c1cn(CCO)c2cccc(F)c12. The van der Waals surface area contributed by atoms with Crippen LogP contribution in [0, 0.1) is 11.7 Å². The van der Waals surface area contributed by atoms with E-state index >= 15 is 0 Å². The third kappa shape index (κ3) is 3.39. The number of carbonyl (C=O) groups is 1. The molecular formula is C18H23FN2O2. The van der Waals surface area contributed by atoms with E-state index in [0.717, 1.165) is 12.8 Å². The molecule has 0 unspecified atom stereocenters. The number of aromatic nitrogens is 1. The Bertz CT molecular complexity index is 690. The molecule has 3 rings (SSSR count). The molecule has 5 heteroatoms. The maximum absolute atomic E-state index is 14.2. The van der Waals surface area contributed by atoms with E-state index in [9.17, 15) is 9.18 Å². The highest BCUT2D eigenvalue weighted by Crippen LogP contribution is 2.25. The predicted molar refractivity (Wildman–Crippen MR) is 87.9 cm³/mol. The van der Waals surface area contributed by atoms with Gasteiger partial charge in [-0.1, -0.05) is 25.3 Å². The lowest BCUT2D eigenvalue weighted by Crippen LogP contribution is -2.30. The van der Waals surface area contributed by atoms with E-state index in [-0.39, 0.29) is 12.5 Å². The fourth-order valence-corrected chi connectivity index (χ4v) is 3.50. The third-order valence-electron chi connectivity index (χ3n) is 4.72. The van der Waals surface area contributed by atoms with E-state index in [1.165, 1.54) is 25.3 Å². The van der Waals surface area contributed by atoms with Crippen LogP contribution in [-0.4, -0.2) is 28.7 Å². The number of aliphatic hydroxyl groups excluding tert-OH is 1. The molecule has 1 aromatic heterocycles. The standard InChI is InChI=1S/C18H23FN2O2/c19-15-7-4-8-16-17(15)14(12-21(16)9-10-22)18(23)20-11-13-5-2-1-3-6-13/h4,7-8,12-13,22H,1-3,5-6,9-11H2,(H,20,23). The number of carbonyl (C=O) groups excluding carboxylic acids is 1. The molecule has 23 heavy (non-hydrogen) atoms. The number of hydrogen-bond donors (Lipinski definition) is 2. The highest BCUT2D eigenvalue weighted by atomic mass is 19.1. The van der Waals surface area contributed by atoms with Crippen molar-refractivity contribution in [3.63, 3.8) is 0 Å². The minimum atomic E-state index is -0.401. The summed E-state index contributed by atoms with van der Waals surface area (Å²) in [5.74, 6) is -0.104. The molecular weight excluding hydrogens is 295 g/mol. The van der Waals surface area contributed by atoms with Gasteiger partial charge in [-0.2, -0.15) is 0 Å². The second-order valence-electron chi connectivity index (χ2n) is 6.31. The monoisotopic (exact) mass is 318 g/mol. The highest BCUT2D eigenvalue weighted by Gasteiger charge is 2.20. The molecule has 0 saturated heterocycles. The second kappa shape index (κ2) is 7.13. The van der Waals surface area contributed by atoms with E-state index in [1.807, 2.05) is 0 Å². The van der Waals surface area contributed by atoms with Crippen LogP contribution in [0.4, 0.5) is 4.39 Å². The van der Waals surface area contributed by atoms with E-state index in [4.69, 9.17) is 5.11 Å². The number of amides is 1. The molecule has 1 aliphatic carbocycles. The number of aliphatic hydroxyl groups is 1. The summed E-state index contributed by atoms with van der Waals surface area (Å²) < 4.78 is 15.9. The molecule has 0 atom stereocenters. The minimum Gasteiger partial charge on any atom is -0.395 e. The van der Waals surface area contributed by atoms with E-state index < -0.39 is 5.82 Å². The van der Waals surface area contributed by atoms with E-state index in [2.05, 4.69) is 5.32 Å². The summed E-state index contributed by atoms with van der Waals surface area (Å²) in [6.07, 6.45) is 7.68. The predicted octanol–water partition coefficient (Wildman–Crippen LogP) is 3.08. The van der Waals surface area contributed by atoms with Gasteiger partial charge >= 0.3 is 0 Å². The summed E-state index contributed by atoms with van der Waals surface area (Å²) in [5, 5.41) is 12.5. The van der Waals surface area contributed by atoms with Gasteiger partial charge in [-0.25, -0.2) is 4.39 Å². The quantitative estimate of drug-likeness (QED) is 0.890. The summed E-state index contributed by atoms with van der Waals surface area (Å²) in [6.45, 7) is 0.944. The van der Waals surface area contributed by atoms with Crippen LogP contribution in [0.15, 0.2) is 24.4 Å². The zero-order valence-corrected chi connectivity index (χ0v) is 13.2. The highest BCUT2D eigenvalue weighted by molar-refractivity contribution is 6.07. The van der Waals surface area contributed by atoms with Gasteiger partial charge in [-0.3, -0.25) is 4.79 Å². The van der Waals surface area contributed by atoms with Crippen molar-refractivity contribution in [1.82, 2.24) is 9.88 Å². The Hall–Kier alpha value is -1.88. The summed E-state index contributed by atoms with van der Waals surface area (Å²) in [6, 6.07) is 4.75. The number of nitrogens with one attached hydrogen (secondary N) is 1. The number of nitrogens with zero attached hydrogens (tertiary/aromatic N) is 1. The van der Waals surface area contributed by atoms with Gasteiger partial charge in [0.15, 0.2) is 0 Å². The van der Waals surface area contributed by atoms with Gasteiger partial charge in [-0.15, -0.1) is 0 Å². The van der Waals surface area contributed by atoms with Crippen LogP contribution < -0.4 is 5.32 Å². The third-order valence-corrected chi connectivity index (χ3v) is 4.72. The number of rotatable bonds is 5. The Morgan fingerprint density at radius 1 is 1.30 bits per heavy atom. The van der Waals surface area contributed by atoms with Gasteiger partial charge in [0.25, 0.3) is 5.91 Å². The Morgan fingerprint density at radius 2 is 2.09 bits per heavy atom. The molecule has 1 amide bonds. The fraction of sp³-hybridized carbons (Fsp3) is 0.500. The van der Waals surface area contributed by atoms with Crippen LogP contribution in [0.2, 0.25) is 0 Å². The van der Waals surface area contributed by atoms with Crippen molar-refractivity contribution in [2.75, 3.05) is 13.2 Å². The maximum atomic E-state index is 14.2. The summed E-state index contributed by atoms with van der Waals surface area (Å²) in [7, 11) is 0. The largest absolute Gasteiger partial charge is 0.395 e. The average molecular weight is 318 g/mol. The van der Waals surface area contributed by atoms with Gasteiger partial charge in [-0.05, 0) is 30.9 Å². The molecule has 1 saturated carbocycles. The molecule has 124 valence electrons. The molecule has 0 spiro atoms. The van der Waals surface area contributed by atoms with Gasteiger partial charge in [0, 0.05) is 24.7 Å². The second-order valence-corrected chi connectivity index (χ2v) is 6.31. The molecule has 1 heterocycles. The minimum absolute atomic E-state index is 0.0522. The van der Waals surface area contributed by atoms with Crippen molar-refractivity contribution in [1.29, 1.82) is 0 Å². The van der Waals surface area contributed by atoms with Crippen LogP contribution in [-0.2, 0) is 6.54 Å². The normalized spacial score (nSPS) is 15.9. The van der Waals surface area contributed by atoms with Gasteiger partial charge in [0.1, 0.15) is 5.82 Å². The zero-order valence-electron chi connectivity index (χ0n) is 13.2. The van der Waals surface area contributed by atoms with Gasteiger partial charge in [0.05, 0.1) is 17.7 Å². The molecule has 0 aliphatic heterocycles. The van der Waals surface area contributed by atoms with E-state index in [1.54, 1.807) is 22.9 Å². The average Bonchev–Trinajstić information content (AvgIpc) is 2.94. The maximum Gasteiger partial charge on any atom is 0.253 e. The van der Waals surface area contributed by atoms with Gasteiger partial charge in [0.2, 0.25) is 0 Å². The lowest BCUT2D eigenvalue weighted by molar-refractivity contribution is 0.0944. The zero-order chi connectivity index (χ0) is 16.2. The molecule has 0 radical (unpaired) electrons. The van der Waals surface area contributed by atoms with Crippen molar-refractivity contribution in [3.8, 4) is 0 Å². The van der Waals surface area contributed by atoms with Crippen LogP contribution in [0.3, 0.4) is 0 Å². The van der Waals surface area contributed by atoms with E-state index in [0.29, 0.717) is 35.5 Å². The summed E-state index contributed by atoms with van der Waals surface area (Å²) >= 11 is 0. The number of hydrogen-bond acceptors (Lipinski definition) is 2. The lowest BCUT2D eigenvalue weighted by atomic mass is 9.89. The van der Waals surface area contributed by atoms with Gasteiger partial charge < -0.3 is 15.0 Å². The molecule has 1 fully saturated rings. The fourth-order valence-electron chi connectivity index (χ4n) is 3.50. The molecule has 2 aromatic rings. The van der Waals surface area contributed by atoms with Crippen LogP contribution in [0.1, 0.15) is 42.5 Å². The number of halogens is 1. The first-order valence-corrected chi connectivity index (χ1v) is 8.37. The lowest BCUT2D eigenvalue weighted by Gasteiger charge is -2.21. The van der Waals surface area contributed by atoms with Crippen molar-refractivity contribution in [3.05, 3.63) is 35.8 Å². The first-order chi connectivity index (χ1) is 11.2. The Morgan fingerprint density at radius 3 is 2.83 bits per heavy atom. The molecule has 2 N–H and O–H groups in total. The number of fused-ring (bicyclic) bond motifs is 1. The molecule has 1 aromatic carbocycles. The number of benzene rings is 1. The Balaban J connectivity index is 1.81. The topological polar surface area (TPSA) is 54.3 Å². The van der Waals surface area contributed by atoms with Crippen molar-refractivity contribution >= 4 is 16.8 Å². The van der Waals surface area contributed by atoms with Crippen LogP contribution >= 0.6 is 0 Å². The Labute approximate surface area is 135 Å². The molecule has 1 aliphatic rings. The first-order valence-electron chi connectivity index (χ1n) is 8.37. The molecule has 4 nitrogen and oxygen atoms in total. The van der Waals surface area contributed by atoms with Crippen molar-refractivity contribution < 1.29 is 14.3 Å². The summed E-state index contributed by atoms with van der Waals surface area (Å²) in [4.78, 5) is 12.5. The first kappa shape index (κ1) is 16.0. The summed E-state index contributed by atoms with van der Waals surface area (Å²) in [5.41, 5.74) is 0.990. The molecule has 0 bridgehead atoms. The smallest absolute Gasteiger partial charge is 0.253 e. The van der Waals surface area contributed by atoms with Crippen molar-refractivity contribution in [2.45, 2.75) is 38.6 Å².